The van der Waals surface area contributed by atoms with Crippen LogP contribution >= 0.6 is 0 Å². The number of carboxylic acid groups (broad SMARTS) is 1. The number of carboxylic acids is 1. The van der Waals surface area contributed by atoms with E-state index in [1.807, 2.05) is 0 Å². The molecule has 0 aromatic carbocycles. The van der Waals surface area contributed by atoms with E-state index in [1.165, 1.54) is 0 Å². The van der Waals surface area contributed by atoms with Crippen molar-refractivity contribution in [3.05, 3.63) is 0 Å². The first kappa shape index (κ1) is 12.4. The highest BCUT2D eigenvalue weighted by Crippen LogP contribution is 2.24. The van der Waals surface area contributed by atoms with Gasteiger partial charge in [-0.1, -0.05) is 0 Å². The normalized spacial score (nSPS) is 27.5. The topological polar surface area (TPSA) is 92.7 Å². The van der Waals surface area contributed by atoms with Gasteiger partial charge in [-0.25, -0.2) is 17.9 Å². The third-order valence-electron chi connectivity index (χ3n) is 2.36. The first-order valence-corrected chi connectivity index (χ1v) is 6.57. The Morgan fingerprint density at radius 2 is 2.20 bits per heavy atom. The number of hydrogen-bond donors (Lipinski definition) is 2. The van der Waals surface area contributed by atoms with E-state index in [1.54, 1.807) is 0 Å². The fraction of sp³-hybridized carbons (Fsp3) is 0.875. The van der Waals surface area contributed by atoms with Crippen LogP contribution in [0.2, 0.25) is 0 Å². The van der Waals surface area contributed by atoms with E-state index in [0.717, 1.165) is 19.1 Å². The van der Waals surface area contributed by atoms with Gasteiger partial charge in [0.1, 0.15) is 0 Å². The zero-order chi connectivity index (χ0) is 11.5. The van der Waals surface area contributed by atoms with Gasteiger partial charge < -0.3 is 9.84 Å². The molecule has 1 fully saturated rings. The van der Waals surface area contributed by atoms with Crippen LogP contribution in [0.4, 0.5) is 0 Å². The minimum Gasteiger partial charge on any atom is -0.479 e. The van der Waals surface area contributed by atoms with Gasteiger partial charge in [-0.05, 0) is 19.3 Å². The van der Waals surface area contributed by atoms with E-state index in [4.69, 9.17) is 9.84 Å². The molecule has 0 aliphatic carbocycles. The second-order valence-corrected chi connectivity index (χ2v) is 5.53. The number of rotatable bonds is 4. The Kier molecular flexibility index (Phi) is 3.69. The molecule has 1 rings (SSSR count). The second-order valence-electron chi connectivity index (χ2n) is 3.70. The largest absolute Gasteiger partial charge is 0.479 e. The van der Waals surface area contributed by atoms with Crippen molar-refractivity contribution in [2.75, 3.05) is 19.4 Å². The smallest absolute Gasteiger partial charge is 0.337 e. The fourth-order valence-electron chi connectivity index (χ4n) is 1.48. The molecule has 1 atom stereocenters. The van der Waals surface area contributed by atoms with Gasteiger partial charge in [0, 0.05) is 6.61 Å². The monoisotopic (exact) mass is 237 g/mol. The van der Waals surface area contributed by atoms with Crippen LogP contribution in [0.15, 0.2) is 0 Å². The molecule has 15 heavy (non-hydrogen) atoms. The van der Waals surface area contributed by atoms with E-state index in [-0.39, 0.29) is 6.54 Å². The number of hydrogen-bond acceptors (Lipinski definition) is 4. The minimum absolute atomic E-state index is 0.207. The maximum Gasteiger partial charge on any atom is 0.337 e. The zero-order valence-corrected chi connectivity index (χ0v) is 9.34. The van der Waals surface area contributed by atoms with Crippen LogP contribution in [0.3, 0.4) is 0 Å². The predicted molar refractivity (Wildman–Crippen MR) is 53.0 cm³/mol. The van der Waals surface area contributed by atoms with Gasteiger partial charge in [-0.2, -0.15) is 0 Å². The van der Waals surface area contributed by atoms with Gasteiger partial charge in [0.25, 0.3) is 0 Å². The maximum atomic E-state index is 11.0. The molecule has 6 nitrogen and oxygen atoms in total. The summed E-state index contributed by atoms with van der Waals surface area (Å²) in [7, 11) is -3.39. The summed E-state index contributed by atoms with van der Waals surface area (Å²) in [6.45, 7) is 0.152. The van der Waals surface area contributed by atoms with Crippen LogP contribution in [0.25, 0.3) is 0 Å². The number of aliphatic carboxylic acids is 1. The van der Waals surface area contributed by atoms with Crippen molar-refractivity contribution in [3.63, 3.8) is 0 Å². The van der Waals surface area contributed by atoms with E-state index in [0.29, 0.717) is 13.0 Å². The molecule has 1 aliphatic heterocycles. The Hall–Kier alpha value is -0.660. The summed E-state index contributed by atoms with van der Waals surface area (Å²) in [6.07, 6.45) is 2.88. The molecule has 0 spiro atoms. The quantitative estimate of drug-likeness (QED) is 0.691. The minimum atomic E-state index is -3.39. The lowest BCUT2D eigenvalue weighted by Gasteiger charge is -2.33. The lowest BCUT2D eigenvalue weighted by Crippen LogP contribution is -2.52. The molecule has 1 unspecified atom stereocenters. The van der Waals surface area contributed by atoms with Crippen molar-refractivity contribution >= 4 is 16.0 Å². The highest BCUT2D eigenvalue weighted by Gasteiger charge is 2.41. The van der Waals surface area contributed by atoms with E-state index < -0.39 is 21.6 Å². The molecule has 1 heterocycles. The molecule has 2 N–H and O–H groups in total. The predicted octanol–water partition coefficient (Wildman–Crippen LogP) is -0.440. The number of ether oxygens (including phenoxy) is 1. The Bertz CT molecular complexity index is 331. The van der Waals surface area contributed by atoms with Gasteiger partial charge in [0.15, 0.2) is 5.60 Å². The standard InChI is InChI=1S/C8H15NO5S/c1-15(12,13)9-6-8(7(10)11)4-2-3-5-14-8/h9H,2-6H2,1H3,(H,10,11). The molecule has 0 radical (unpaired) electrons. The lowest BCUT2D eigenvalue weighted by molar-refractivity contribution is -0.170. The van der Waals surface area contributed by atoms with Crippen molar-refractivity contribution in [2.24, 2.45) is 0 Å². The Morgan fingerprint density at radius 3 is 2.60 bits per heavy atom. The second kappa shape index (κ2) is 4.46. The average molecular weight is 237 g/mol. The third-order valence-corrected chi connectivity index (χ3v) is 3.03. The van der Waals surface area contributed by atoms with Gasteiger partial charge in [0.05, 0.1) is 12.8 Å². The van der Waals surface area contributed by atoms with Crippen LogP contribution in [0.1, 0.15) is 19.3 Å². The molecule has 0 amide bonds. The van der Waals surface area contributed by atoms with Gasteiger partial charge >= 0.3 is 5.97 Å². The lowest BCUT2D eigenvalue weighted by atomic mass is 9.94. The third kappa shape index (κ3) is 3.44. The van der Waals surface area contributed by atoms with E-state index >= 15 is 0 Å². The molecule has 0 saturated carbocycles. The summed E-state index contributed by atoms with van der Waals surface area (Å²) in [4.78, 5) is 11.0. The van der Waals surface area contributed by atoms with Gasteiger partial charge in [-0.3, -0.25) is 0 Å². The van der Waals surface area contributed by atoms with Crippen molar-refractivity contribution in [1.82, 2.24) is 4.72 Å². The number of carbonyl (C=O) groups is 1. The molecule has 1 saturated heterocycles. The maximum absolute atomic E-state index is 11.0. The SMILES string of the molecule is CS(=O)(=O)NCC1(C(=O)O)CCCCO1. The van der Waals surface area contributed by atoms with Gasteiger partial charge in [-0.15, -0.1) is 0 Å². The van der Waals surface area contributed by atoms with Gasteiger partial charge in [0.2, 0.25) is 10.0 Å². The molecular formula is C8H15NO5S. The molecule has 1 aliphatic rings. The Morgan fingerprint density at radius 1 is 1.53 bits per heavy atom. The van der Waals surface area contributed by atoms with E-state index in [9.17, 15) is 13.2 Å². The molecule has 0 aromatic rings. The summed E-state index contributed by atoms with van der Waals surface area (Å²) in [6, 6.07) is 0. The van der Waals surface area contributed by atoms with E-state index in [2.05, 4.69) is 4.72 Å². The summed E-state index contributed by atoms with van der Waals surface area (Å²) < 4.78 is 29.1. The summed E-state index contributed by atoms with van der Waals surface area (Å²) >= 11 is 0. The molecule has 0 aromatic heterocycles. The highest BCUT2D eigenvalue weighted by atomic mass is 32.2. The van der Waals surface area contributed by atoms with Crippen LogP contribution < -0.4 is 4.72 Å². The molecular weight excluding hydrogens is 222 g/mol. The summed E-state index contributed by atoms with van der Waals surface area (Å²) in [5.74, 6) is -1.11. The van der Waals surface area contributed by atoms with Crippen molar-refractivity contribution in [1.29, 1.82) is 0 Å². The van der Waals surface area contributed by atoms with Crippen LogP contribution in [0.5, 0.6) is 0 Å². The fourth-order valence-corrected chi connectivity index (χ4v) is 1.98. The Balaban J connectivity index is 2.69. The highest BCUT2D eigenvalue weighted by molar-refractivity contribution is 7.88. The Labute approximate surface area is 88.7 Å². The molecule has 0 bridgehead atoms. The van der Waals surface area contributed by atoms with Crippen molar-refractivity contribution in [2.45, 2.75) is 24.9 Å². The summed E-state index contributed by atoms with van der Waals surface area (Å²) in [5.41, 5.74) is -1.39. The first-order valence-electron chi connectivity index (χ1n) is 4.68. The van der Waals surface area contributed by atoms with Crippen LogP contribution in [0, 0.1) is 0 Å². The summed E-state index contributed by atoms with van der Waals surface area (Å²) in [5, 5.41) is 9.03. The molecule has 7 heteroatoms. The number of sulfonamides is 1. The number of nitrogens with one attached hydrogen (secondary N) is 1. The van der Waals surface area contributed by atoms with Crippen LogP contribution in [-0.4, -0.2) is 44.5 Å². The zero-order valence-electron chi connectivity index (χ0n) is 8.52. The van der Waals surface area contributed by atoms with Crippen molar-refractivity contribution in [3.8, 4) is 0 Å². The van der Waals surface area contributed by atoms with Crippen LogP contribution in [-0.2, 0) is 19.6 Å². The molecule has 88 valence electrons. The van der Waals surface area contributed by atoms with Crippen molar-refractivity contribution < 1.29 is 23.1 Å². The average Bonchev–Trinajstić information content (AvgIpc) is 2.15. The first-order chi connectivity index (χ1) is 6.86.